The van der Waals surface area contributed by atoms with Crippen molar-refractivity contribution in [2.24, 2.45) is 4.99 Å². The summed E-state index contributed by atoms with van der Waals surface area (Å²) in [4.78, 5) is 8.89. The molecule has 0 aliphatic rings. The third kappa shape index (κ3) is 6.40. The van der Waals surface area contributed by atoms with E-state index < -0.39 is 11.5 Å². The molecule has 0 saturated carbocycles. The van der Waals surface area contributed by atoms with Gasteiger partial charge >= 0.3 is 16.5 Å². The number of aryl methyl sites for hydroxylation is 2. The molecule has 1 aromatic heterocycles. The maximum atomic E-state index is 10.9. The van der Waals surface area contributed by atoms with Crippen LogP contribution >= 0.6 is 0 Å². The first kappa shape index (κ1) is 24.1. The van der Waals surface area contributed by atoms with Crippen molar-refractivity contribution in [3.8, 4) is 11.5 Å². The van der Waals surface area contributed by atoms with Gasteiger partial charge in [-0.1, -0.05) is 74.5 Å². The second-order valence-corrected chi connectivity index (χ2v) is 6.79. The Kier molecular flexibility index (Phi) is 9.23. The monoisotopic (exact) mass is 454 g/mol. The molecule has 0 bridgehead atoms. The van der Waals surface area contributed by atoms with Crippen LogP contribution in [0.3, 0.4) is 0 Å². The van der Waals surface area contributed by atoms with Gasteiger partial charge in [-0.3, -0.25) is 9.98 Å². The van der Waals surface area contributed by atoms with Crippen molar-refractivity contribution in [1.29, 1.82) is 0 Å². The van der Waals surface area contributed by atoms with Crippen LogP contribution in [0.2, 0.25) is 0 Å². The Bertz CT molecular complexity index is 1080. The van der Waals surface area contributed by atoms with Crippen LogP contribution in [-0.4, -0.2) is 11.2 Å². The topological polar surface area (TPSA) is 71.4 Å². The van der Waals surface area contributed by atoms with E-state index in [0.29, 0.717) is 0 Å². The molecule has 4 nitrogen and oxygen atoms in total. The number of nitrogens with zero attached hydrogens (tertiary/aromatic N) is 2. The summed E-state index contributed by atoms with van der Waals surface area (Å²) in [5.41, 5.74) is 4.58. The molecule has 0 radical (unpaired) electrons. The Morgan fingerprint density at radius 1 is 0.774 bits per heavy atom. The summed E-state index contributed by atoms with van der Waals surface area (Å²) in [5.74, 6) is -0.873. The molecule has 0 spiro atoms. The van der Waals surface area contributed by atoms with Crippen LogP contribution < -0.4 is 10.2 Å². The molecule has 0 unspecified atom stereocenters. The van der Waals surface area contributed by atoms with E-state index in [9.17, 15) is 10.2 Å². The van der Waals surface area contributed by atoms with Gasteiger partial charge in [-0.05, 0) is 46.9 Å². The molecule has 0 amide bonds. The van der Waals surface area contributed by atoms with Gasteiger partial charge < -0.3 is 10.2 Å². The number of aromatic nitrogens is 1. The first-order valence-corrected chi connectivity index (χ1v) is 10.0. The predicted octanol–water partition coefficient (Wildman–Crippen LogP) is 4.94. The zero-order chi connectivity index (χ0) is 21.3. The van der Waals surface area contributed by atoms with Crippen LogP contribution in [0.4, 0.5) is 5.69 Å². The fourth-order valence-corrected chi connectivity index (χ4v) is 3.16. The standard InChI is InChI=1S/C16H18N2.C10H8O2.Ni/c1-3-13-8-7-9-14(4-2)16(13)18-12-15-10-5-6-11-17-15;11-9-5-7-3-1-2-4-8(7)6-10(9)12;/h5-12H,3-4H2,1-2H3;1-6,11-12H;/q;;+2/p-2. The predicted molar refractivity (Wildman–Crippen MR) is 120 cm³/mol. The van der Waals surface area contributed by atoms with Crippen LogP contribution in [0, 0.1) is 0 Å². The summed E-state index contributed by atoms with van der Waals surface area (Å²) in [5, 5.41) is 23.5. The average Bonchev–Trinajstić information content (AvgIpc) is 2.79. The molecule has 1 heterocycles. The third-order valence-corrected chi connectivity index (χ3v) is 4.79. The molecule has 3 aromatic carbocycles. The summed E-state index contributed by atoms with van der Waals surface area (Å²) >= 11 is 0. The maximum absolute atomic E-state index is 10.9. The molecule has 0 fully saturated rings. The van der Waals surface area contributed by atoms with Crippen molar-refractivity contribution in [2.75, 3.05) is 0 Å². The van der Waals surface area contributed by atoms with Gasteiger partial charge in [0.05, 0.1) is 17.6 Å². The van der Waals surface area contributed by atoms with Crippen molar-refractivity contribution in [2.45, 2.75) is 26.7 Å². The van der Waals surface area contributed by atoms with Gasteiger partial charge in [0.25, 0.3) is 0 Å². The van der Waals surface area contributed by atoms with Crippen molar-refractivity contribution < 1.29 is 26.7 Å². The van der Waals surface area contributed by atoms with E-state index in [-0.39, 0.29) is 16.5 Å². The Labute approximate surface area is 193 Å². The number of aliphatic imine (C=N–C) groups is 1. The van der Waals surface area contributed by atoms with Gasteiger partial charge in [-0.15, -0.1) is 11.5 Å². The molecule has 160 valence electrons. The Balaban J connectivity index is 0.000000229. The second-order valence-electron chi connectivity index (χ2n) is 6.79. The largest absolute Gasteiger partial charge is 2.00 e. The van der Waals surface area contributed by atoms with Gasteiger partial charge in [0.15, 0.2) is 0 Å². The second kappa shape index (κ2) is 11.9. The van der Waals surface area contributed by atoms with Crippen LogP contribution in [0.15, 0.2) is 84.0 Å². The SMILES string of the molecule is CCc1cccc(CC)c1N=Cc1ccccn1.[Ni+2].[O-]c1cc2ccccc2cc1[O-]. The number of fused-ring (bicyclic) bond motifs is 1. The number of hydrogen-bond donors (Lipinski definition) is 0. The number of rotatable bonds is 4. The van der Waals surface area contributed by atoms with E-state index in [1.807, 2.05) is 48.7 Å². The van der Waals surface area contributed by atoms with E-state index in [2.05, 4.69) is 42.0 Å². The summed E-state index contributed by atoms with van der Waals surface area (Å²) in [6.45, 7) is 4.32. The van der Waals surface area contributed by atoms with Crippen LogP contribution in [-0.2, 0) is 29.3 Å². The summed E-state index contributed by atoms with van der Waals surface area (Å²) in [7, 11) is 0. The summed E-state index contributed by atoms with van der Waals surface area (Å²) in [6.07, 6.45) is 5.63. The summed E-state index contributed by atoms with van der Waals surface area (Å²) < 4.78 is 0. The van der Waals surface area contributed by atoms with E-state index in [1.165, 1.54) is 23.3 Å². The van der Waals surface area contributed by atoms with Gasteiger partial charge in [0.1, 0.15) is 0 Å². The average molecular weight is 455 g/mol. The van der Waals surface area contributed by atoms with Crippen molar-refractivity contribution in [3.05, 3.63) is 95.8 Å². The van der Waals surface area contributed by atoms with Crippen molar-refractivity contribution in [3.63, 3.8) is 0 Å². The van der Waals surface area contributed by atoms with Crippen LogP contribution in [0.5, 0.6) is 11.5 Å². The molecule has 4 aromatic rings. The number of pyridine rings is 1. The van der Waals surface area contributed by atoms with Crippen molar-refractivity contribution in [1.82, 2.24) is 4.98 Å². The summed E-state index contributed by atoms with van der Waals surface area (Å²) in [6, 6.07) is 22.3. The van der Waals surface area contributed by atoms with Gasteiger partial charge in [-0.2, -0.15) is 0 Å². The molecular weight excluding hydrogens is 431 g/mol. The first-order chi connectivity index (χ1) is 14.6. The fourth-order valence-electron chi connectivity index (χ4n) is 3.16. The number of para-hydroxylation sites is 1. The van der Waals surface area contributed by atoms with E-state index in [0.717, 1.165) is 35.0 Å². The zero-order valence-electron chi connectivity index (χ0n) is 17.5. The van der Waals surface area contributed by atoms with Crippen molar-refractivity contribution >= 4 is 22.7 Å². The quantitative estimate of drug-likeness (QED) is 0.323. The van der Waals surface area contributed by atoms with Gasteiger partial charge in [0.2, 0.25) is 0 Å². The van der Waals surface area contributed by atoms with Gasteiger partial charge in [-0.25, -0.2) is 0 Å². The van der Waals surface area contributed by atoms with E-state index in [4.69, 9.17) is 0 Å². The number of benzene rings is 3. The molecule has 5 heteroatoms. The first-order valence-electron chi connectivity index (χ1n) is 10.0. The molecule has 31 heavy (non-hydrogen) atoms. The Morgan fingerprint density at radius 3 is 1.81 bits per heavy atom. The molecular formula is C26H24N2NiO2. The zero-order valence-corrected chi connectivity index (χ0v) is 18.5. The minimum Gasteiger partial charge on any atom is -0.873 e. The Hall–Kier alpha value is -3.17. The minimum absolute atomic E-state index is 0. The molecule has 0 saturated heterocycles. The van der Waals surface area contributed by atoms with Crippen LogP contribution in [0.1, 0.15) is 30.7 Å². The smallest absolute Gasteiger partial charge is 0.873 e. The maximum Gasteiger partial charge on any atom is 2.00 e. The van der Waals surface area contributed by atoms with Crippen LogP contribution in [0.25, 0.3) is 10.8 Å². The third-order valence-electron chi connectivity index (χ3n) is 4.79. The molecule has 0 aliphatic carbocycles. The fraction of sp³-hybridized carbons (Fsp3) is 0.154. The molecule has 0 atom stereocenters. The van der Waals surface area contributed by atoms with E-state index >= 15 is 0 Å². The van der Waals surface area contributed by atoms with Gasteiger partial charge in [0, 0.05) is 6.20 Å². The number of hydrogen-bond acceptors (Lipinski definition) is 4. The molecule has 0 aliphatic heterocycles. The van der Waals surface area contributed by atoms with E-state index in [1.54, 1.807) is 6.20 Å². The normalized spacial score (nSPS) is 10.4. The molecule has 0 N–H and O–H groups in total. The minimum atomic E-state index is -0.436. The Morgan fingerprint density at radius 2 is 1.32 bits per heavy atom. The molecule has 4 rings (SSSR count).